The summed E-state index contributed by atoms with van der Waals surface area (Å²) < 4.78 is 10.8. The summed E-state index contributed by atoms with van der Waals surface area (Å²) in [4.78, 5) is 38.2. The smallest absolute Gasteiger partial charge is 0.410 e. The summed E-state index contributed by atoms with van der Waals surface area (Å²) in [6, 6.07) is -0.602. The minimum absolute atomic E-state index is 0.0299. The highest BCUT2D eigenvalue weighted by atomic mass is 16.6. The Bertz CT molecular complexity index is 506. The second-order valence-electron chi connectivity index (χ2n) is 8.49. The first-order chi connectivity index (χ1) is 10.7. The lowest BCUT2D eigenvalue weighted by Gasteiger charge is -2.30. The van der Waals surface area contributed by atoms with Crippen molar-refractivity contribution in [3.8, 4) is 0 Å². The van der Waals surface area contributed by atoms with E-state index in [-0.39, 0.29) is 13.1 Å². The predicted octanol–water partition coefficient (Wildman–Crippen LogP) is 1.73. The molecule has 7 nitrogen and oxygen atoms in total. The molecular weight excluding hydrogens is 312 g/mol. The molecule has 1 fully saturated rings. The van der Waals surface area contributed by atoms with Crippen LogP contribution in [0.5, 0.6) is 0 Å². The maximum atomic E-state index is 12.7. The molecule has 7 heteroatoms. The van der Waals surface area contributed by atoms with Gasteiger partial charge in [-0.1, -0.05) is 0 Å². The molecule has 3 atom stereocenters. The van der Waals surface area contributed by atoms with Crippen molar-refractivity contribution in [2.45, 2.75) is 65.7 Å². The number of carbonyl (C=O) groups excluding carboxylic acids is 3. The number of carbonyl (C=O) groups is 3. The summed E-state index contributed by atoms with van der Waals surface area (Å²) in [5, 5.41) is 0. The van der Waals surface area contributed by atoms with E-state index in [1.807, 2.05) is 0 Å². The lowest BCUT2D eigenvalue weighted by molar-refractivity contribution is -0.168. The molecule has 0 aliphatic carbocycles. The Balaban J connectivity index is 3.14. The van der Waals surface area contributed by atoms with E-state index in [9.17, 15) is 14.4 Å². The van der Waals surface area contributed by atoms with E-state index < -0.39 is 40.6 Å². The molecule has 1 heterocycles. The number of hydrogen-bond donors (Lipinski definition) is 1. The Labute approximate surface area is 143 Å². The van der Waals surface area contributed by atoms with E-state index in [0.717, 1.165) is 0 Å². The van der Waals surface area contributed by atoms with Crippen molar-refractivity contribution in [1.82, 2.24) is 4.90 Å². The van der Waals surface area contributed by atoms with Crippen LogP contribution in [0, 0.1) is 11.3 Å². The van der Waals surface area contributed by atoms with Gasteiger partial charge in [0, 0.05) is 13.1 Å². The largest absolute Gasteiger partial charge is 0.459 e. The van der Waals surface area contributed by atoms with Crippen LogP contribution < -0.4 is 5.73 Å². The summed E-state index contributed by atoms with van der Waals surface area (Å²) >= 11 is 0. The van der Waals surface area contributed by atoms with Crippen molar-refractivity contribution < 1.29 is 23.9 Å². The Morgan fingerprint density at radius 2 is 1.67 bits per heavy atom. The molecule has 1 aliphatic heterocycles. The predicted molar refractivity (Wildman–Crippen MR) is 89.3 cm³/mol. The summed E-state index contributed by atoms with van der Waals surface area (Å²) in [5.41, 5.74) is 3.25. The molecule has 0 aromatic heterocycles. The summed E-state index contributed by atoms with van der Waals surface area (Å²) in [6.07, 6.45) is 0.100. The van der Waals surface area contributed by atoms with Gasteiger partial charge in [-0.05, 0) is 48.5 Å². The molecule has 2 N–H and O–H groups in total. The number of nitrogens with two attached hydrogens (primary N) is 1. The van der Waals surface area contributed by atoms with Crippen LogP contribution in [0.1, 0.15) is 48.5 Å². The fraction of sp³-hybridized carbons (Fsp3) is 0.824. The van der Waals surface area contributed by atoms with Crippen LogP contribution in [0.2, 0.25) is 0 Å². The van der Waals surface area contributed by atoms with Gasteiger partial charge in [-0.3, -0.25) is 4.79 Å². The Kier molecular flexibility index (Phi) is 5.70. The molecule has 1 rings (SSSR count). The third kappa shape index (κ3) is 4.47. The first-order valence-electron chi connectivity index (χ1n) is 8.13. The third-order valence-electron chi connectivity index (χ3n) is 3.93. The minimum atomic E-state index is -1.16. The van der Waals surface area contributed by atoms with Crippen LogP contribution in [0.4, 0.5) is 4.79 Å². The molecule has 0 radical (unpaired) electrons. The van der Waals surface area contributed by atoms with Crippen molar-refractivity contribution in [2.75, 3.05) is 13.1 Å². The first kappa shape index (κ1) is 20.4. The molecule has 24 heavy (non-hydrogen) atoms. The summed E-state index contributed by atoms with van der Waals surface area (Å²) in [5.74, 6) is -1.26. The van der Waals surface area contributed by atoms with Gasteiger partial charge >= 0.3 is 12.1 Å². The maximum Gasteiger partial charge on any atom is 0.410 e. The van der Waals surface area contributed by atoms with E-state index in [2.05, 4.69) is 0 Å². The SMILES string of the molecule is CC(C)(C)OC(=O)N1CC(C)(C(=O)OC(C)(C)C)C(C=O)C1CN. The van der Waals surface area contributed by atoms with Crippen molar-refractivity contribution in [3.05, 3.63) is 0 Å². The average Bonchev–Trinajstić information content (AvgIpc) is 2.68. The standard InChI is InChI=1S/C17H30N2O5/c1-15(2,3)23-13(21)17(7)10-19(12(8-18)11(17)9-20)14(22)24-16(4,5)6/h9,11-12H,8,10,18H2,1-7H3. The molecule has 0 bridgehead atoms. The van der Waals surface area contributed by atoms with Crippen LogP contribution in [0.15, 0.2) is 0 Å². The maximum absolute atomic E-state index is 12.7. The van der Waals surface area contributed by atoms with Gasteiger partial charge in [-0.15, -0.1) is 0 Å². The quantitative estimate of drug-likeness (QED) is 0.619. The summed E-state index contributed by atoms with van der Waals surface area (Å²) in [6.45, 7) is 12.2. The molecule has 0 aromatic rings. The molecule has 1 amide bonds. The normalized spacial score (nSPS) is 27.8. The number of hydrogen-bond acceptors (Lipinski definition) is 6. The number of amides is 1. The molecule has 138 valence electrons. The van der Waals surface area contributed by atoms with Crippen LogP contribution in [-0.2, 0) is 19.1 Å². The van der Waals surface area contributed by atoms with Gasteiger partial charge in [0.1, 0.15) is 17.5 Å². The monoisotopic (exact) mass is 342 g/mol. The van der Waals surface area contributed by atoms with E-state index in [1.165, 1.54) is 4.90 Å². The Morgan fingerprint density at radius 3 is 2.04 bits per heavy atom. The molecule has 0 saturated carbocycles. The summed E-state index contributed by atoms with van der Waals surface area (Å²) in [7, 11) is 0. The fourth-order valence-corrected chi connectivity index (χ4v) is 2.83. The van der Waals surface area contributed by atoms with Crippen LogP contribution >= 0.6 is 0 Å². The van der Waals surface area contributed by atoms with Gasteiger partial charge in [0.2, 0.25) is 0 Å². The van der Waals surface area contributed by atoms with Gasteiger partial charge in [0.25, 0.3) is 0 Å². The molecular formula is C17H30N2O5. The van der Waals surface area contributed by atoms with Crippen molar-refractivity contribution in [3.63, 3.8) is 0 Å². The zero-order chi connectivity index (χ0) is 18.9. The minimum Gasteiger partial charge on any atom is -0.459 e. The van der Waals surface area contributed by atoms with Gasteiger partial charge in [-0.2, -0.15) is 0 Å². The second-order valence-corrected chi connectivity index (χ2v) is 8.49. The molecule has 1 saturated heterocycles. The lowest BCUT2D eigenvalue weighted by atomic mass is 9.77. The Hall–Kier alpha value is -1.63. The number of aldehydes is 1. The van der Waals surface area contributed by atoms with Gasteiger partial charge in [0.05, 0.1) is 17.4 Å². The van der Waals surface area contributed by atoms with Gasteiger partial charge in [-0.25, -0.2) is 4.79 Å². The number of rotatable bonds is 3. The van der Waals surface area contributed by atoms with E-state index >= 15 is 0 Å². The van der Waals surface area contributed by atoms with Crippen LogP contribution in [0.3, 0.4) is 0 Å². The molecule has 0 spiro atoms. The number of nitrogens with zero attached hydrogens (tertiary/aromatic N) is 1. The van der Waals surface area contributed by atoms with E-state index in [1.54, 1.807) is 48.5 Å². The van der Waals surface area contributed by atoms with Crippen LogP contribution in [0.25, 0.3) is 0 Å². The molecule has 1 aliphatic rings. The van der Waals surface area contributed by atoms with Crippen LogP contribution in [-0.4, -0.2) is 53.6 Å². The zero-order valence-corrected chi connectivity index (χ0v) is 15.7. The third-order valence-corrected chi connectivity index (χ3v) is 3.93. The van der Waals surface area contributed by atoms with Gasteiger partial charge < -0.3 is 24.9 Å². The van der Waals surface area contributed by atoms with Gasteiger partial charge in [0.15, 0.2) is 0 Å². The first-order valence-corrected chi connectivity index (χ1v) is 8.13. The zero-order valence-electron chi connectivity index (χ0n) is 15.7. The lowest BCUT2D eigenvalue weighted by Crippen LogP contribution is -2.45. The topological polar surface area (TPSA) is 98.9 Å². The average molecular weight is 342 g/mol. The molecule has 3 unspecified atom stereocenters. The number of esters is 1. The van der Waals surface area contributed by atoms with E-state index in [0.29, 0.717) is 6.29 Å². The van der Waals surface area contributed by atoms with Crippen molar-refractivity contribution in [2.24, 2.45) is 17.1 Å². The molecule has 0 aromatic carbocycles. The number of ether oxygens (including phenoxy) is 2. The highest BCUT2D eigenvalue weighted by molar-refractivity contribution is 5.84. The number of likely N-dealkylation sites (tertiary alicyclic amines) is 1. The second kappa shape index (κ2) is 6.70. The highest BCUT2D eigenvalue weighted by Gasteiger charge is 2.57. The Morgan fingerprint density at radius 1 is 1.17 bits per heavy atom. The highest BCUT2D eigenvalue weighted by Crippen LogP contribution is 2.41. The fourth-order valence-electron chi connectivity index (χ4n) is 2.83. The van der Waals surface area contributed by atoms with Crippen molar-refractivity contribution in [1.29, 1.82) is 0 Å². The van der Waals surface area contributed by atoms with E-state index in [4.69, 9.17) is 15.2 Å². The van der Waals surface area contributed by atoms with Crippen molar-refractivity contribution >= 4 is 18.3 Å².